The van der Waals surface area contributed by atoms with Gasteiger partial charge >= 0.3 is 0 Å². The lowest BCUT2D eigenvalue weighted by molar-refractivity contribution is 0.555. The standard InChI is InChI=1S/C15H19N5/c1-2-13(10-17-12-4-5-12)18-14(3-1)20-9-8-19-7-6-16-15(19)11-20/h1-3,6-7,12,17H,4-5,8-11H2. The molecular formula is C15H19N5. The van der Waals surface area contributed by atoms with Crippen LogP contribution in [0.2, 0.25) is 0 Å². The van der Waals surface area contributed by atoms with E-state index in [0.717, 1.165) is 49.6 Å². The largest absolute Gasteiger partial charge is 0.347 e. The minimum Gasteiger partial charge on any atom is -0.347 e. The van der Waals surface area contributed by atoms with Gasteiger partial charge in [0.25, 0.3) is 0 Å². The van der Waals surface area contributed by atoms with Gasteiger partial charge in [-0.3, -0.25) is 0 Å². The van der Waals surface area contributed by atoms with Crippen molar-refractivity contribution >= 4 is 5.82 Å². The molecule has 0 unspecified atom stereocenters. The van der Waals surface area contributed by atoms with Gasteiger partial charge in [0.15, 0.2) is 0 Å². The Kier molecular flexibility index (Phi) is 2.92. The fourth-order valence-corrected chi connectivity index (χ4v) is 2.65. The molecule has 3 heterocycles. The zero-order valence-electron chi connectivity index (χ0n) is 11.5. The Bertz CT molecular complexity index is 602. The van der Waals surface area contributed by atoms with Crippen LogP contribution in [0, 0.1) is 0 Å². The lowest BCUT2D eigenvalue weighted by Gasteiger charge is -2.28. The summed E-state index contributed by atoms with van der Waals surface area (Å²) in [7, 11) is 0. The summed E-state index contributed by atoms with van der Waals surface area (Å²) in [6, 6.07) is 7.03. The SMILES string of the molecule is c1cc(CNC2CC2)nc(N2CCn3ccnc3C2)c1. The number of nitrogens with zero attached hydrogens (tertiary/aromatic N) is 4. The van der Waals surface area contributed by atoms with Crippen LogP contribution < -0.4 is 10.2 Å². The second kappa shape index (κ2) is 4.90. The summed E-state index contributed by atoms with van der Waals surface area (Å²) in [6.45, 7) is 3.71. The zero-order chi connectivity index (χ0) is 13.4. The molecule has 5 nitrogen and oxygen atoms in total. The van der Waals surface area contributed by atoms with Gasteiger partial charge in [-0.15, -0.1) is 0 Å². The zero-order valence-corrected chi connectivity index (χ0v) is 11.5. The highest BCUT2D eigenvalue weighted by atomic mass is 15.3. The van der Waals surface area contributed by atoms with E-state index in [4.69, 9.17) is 4.98 Å². The van der Waals surface area contributed by atoms with Gasteiger partial charge in [0.2, 0.25) is 0 Å². The number of pyridine rings is 1. The fourth-order valence-electron chi connectivity index (χ4n) is 2.65. The number of imidazole rings is 1. The van der Waals surface area contributed by atoms with Crippen LogP contribution in [0.5, 0.6) is 0 Å². The van der Waals surface area contributed by atoms with Crippen molar-refractivity contribution in [3.8, 4) is 0 Å². The predicted molar refractivity (Wildman–Crippen MR) is 77.4 cm³/mol. The van der Waals surface area contributed by atoms with E-state index in [9.17, 15) is 0 Å². The third kappa shape index (κ3) is 2.41. The first kappa shape index (κ1) is 11.9. The van der Waals surface area contributed by atoms with E-state index in [0.29, 0.717) is 0 Å². The molecule has 1 aliphatic heterocycles. The summed E-state index contributed by atoms with van der Waals surface area (Å²) in [5.74, 6) is 2.19. The Morgan fingerprint density at radius 3 is 3.10 bits per heavy atom. The van der Waals surface area contributed by atoms with Gasteiger partial charge in [-0.25, -0.2) is 9.97 Å². The fraction of sp³-hybridized carbons (Fsp3) is 0.467. The molecule has 104 valence electrons. The average molecular weight is 269 g/mol. The monoisotopic (exact) mass is 269 g/mol. The minimum absolute atomic E-state index is 0.725. The normalized spacial score (nSPS) is 18.1. The van der Waals surface area contributed by atoms with Crippen LogP contribution in [0.3, 0.4) is 0 Å². The molecule has 0 spiro atoms. The first-order chi connectivity index (χ1) is 9.88. The molecule has 2 aliphatic rings. The average Bonchev–Trinajstić information content (AvgIpc) is 3.20. The van der Waals surface area contributed by atoms with Crippen molar-refractivity contribution in [1.82, 2.24) is 19.9 Å². The molecule has 2 aromatic rings. The van der Waals surface area contributed by atoms with E-state index >= 15 is 0 Å². The molecule has 1 N–H and O–H groups in total. The molecular weight excluding hydrogens is 250 g/mol. The molecule has 2 aromatic heterocycles. The summed E-state index contributed by atoms with van der Waals surface area (Å²) in [5, 5.41) is 3.52. The molecule has 0 amide bonds. The van der Waals surface area contributed by atoms with Gasteiger partial charge < -0.3 is 14.8 Å². The quantitative estimate of drug-likeness (QED) is 0.915. The lowest BCUT2D eigenvalue weighted by atomic mass is 10.3. The molecule has 5 heteroatoms. The maximum Gasteiger partial charge on any atom is 0.129 e. The smallest absolute Gasteiger partial charge is 0.129 e. The number of fused-ring (bicyclic) bond motifs is 1. The van der Waals surface area contributed by atoms with Crippen LogP contribution in [-0.2, 0) is 19.6 Å². The van der Waals surface area contributed by atoms with E-state index in [1.807, 2.05) is 6.20 Å². The lowest BCUT2D eigenvalue weighted by Crippen LogP contribution is -2.34. The number of hydrogen-bond acceptors (Lipinski definition) is 4. The van der Waals surface area contributed by atoms with Gasteiger partial charge in [-0.2, -0.15) is 0 Å². The number of anilines is 1. The molecule has 0 atom stereocenters. The summed E-state index contributed by atoms with van der Waals surface area (Å²) < 4.78 is 2.22. The van der Waals surface area contributed by atoms with E-state index in [2.05, 4.69) is 44.2 Å². The van der Waals surface area contributed by atoms with E-state index in [1.165, 1.54) is 12.8 Å². The molecule has 1 fully saturated rings. The molecule has 4 rings (SSSR count). The van der Waals surface area contributed by atoms with Crippen molar-refractivity contribution in [3.63, 3.8) is 0 Å². The first-order valence-electron chi connectivity index (χ1n) is 7.33. The second-order valence-electron chi connectivity index (χ2n) is 5.60. The van der Waals surface area contributed by atoms with Gasteiger partial charge in [0, 0.05) is 38.1 Å². The highest BCUT2D eigenvalue weighted by molar-refractivity contribution is 5.40. The molecule has 0 aromatic carbocycles. The summed E-state index contributed by atoms with van der Waals surface area (Å²) in [5.41, 5.74) is 1.13. The van der Waals surface area contributed by atoms with Gasteiger partial charge in [-0.05, 0) is 25.0 Å². The number of rotatable bonds is 4. The van der Waals surface area contributed by atoms with Crippen LogP contribution in [0.25, 0.3) is 0 Å². The van der Waals surface area contributed by atoms with Crippen LogP contribution >= 0.6 is 0 Å². The highest BCUT2D eigenvalue weighted by Gasteiger charge is 2.21. The summed E-state index contributed by atoms with van der Waals surface area (Å²) in [6.07, 6.45) is 6.56. The Morgan fingerprint density at radius 2 is 2.20 bits per heavy atom. The summed E-state index contributed by atoms with van der Waals surface area (Å²) in [4.78, 5) is 11.5. The topological polar surface area (TPSA) is 46.0 Å². The first-order valence-corrected chi connectivity index (χ1v) is 7.33. The van der Waals surface area contributed by atoms with E-state index in [1.54, 1.807) is 0 Å². The maximum atomic E-state index is 4.78. The van der Waals surface area contributed by atoms with Crippen LogP contribution in [0.1, 0.15) is 24.4 Å². The molecule has 0 saturated heterocycles. The minimum atomic E-state index is 0.725. The van der Waals surface area contributed by atoms with Crippen LogP contribution in [-0.4, -0.2) is 27.1 Å². The third-order valence-electron chi connectivity index (χ3n) is 4.01. The van der Waals surface area contributed by atoms with Crippen molar-refractivity contribution < 1.29 is 0 Å². The van der Waals surface area contributed by atoms with Crippen LogP contribution in [0.4, 0.5) is 5.82 Å². The maximum absolute atomic E-state index is 4.78. The van der Waals surface area contributed by atoms with Crippen molar-refractivity contribution in [2.75, 3.05) is 11.4 Å². The number of aromatic nitrogens is 3. The molecule has 0 radical (unpaired) electrons. The second-order valence-corrected chi connectivity index (χ2v) is 5.60. The van der Waals surface area contributed by atoms with Crippen molar-refractivity contribution in [3.05, 3.63) is 42.1 Å². The van der Waals surface area contributed by atoms with Gasteiger partial charge in [-0.1, -0.05) is 6.07 Å². The summed E-state index contributed by atoms with van der Waals surface area (Å²) >= 11 is 0. The number of hydrogen-bond donors (Lipinski definition) is 1. The van der Waals surface area contributed by atoms with Gasteiger partial charge in [0.1, 0.15) is 11.6 Å². The molecule has 1 aliphatic carbocycles. The number of nitrogens with one attached hydrogen (secondary N) is 1. The van der Waals surface area contributed by atoms with Gasteiger partial charge in [0.05, 0.1) is 12.2 Å². The van der Waals surface area contributed by atoms with Crippen LogP contribution in [0.15, 0.2) is 30.6 Å². The highest BCUT2D eigenvalue weighted by Crippen LogP contribution is 2.21. The Morgan fingerprint density at radius 1 is 1.25 bits per heavy atom. The van der Waals surface area contributed by atoms with Crippen molar-refractivity contribution in [1.29, 1.82) is 0 Å². The Labute approximate surface area is 118 Å². The van der Waals surface area contributed by atoms with E-state index < -0.39 is 0 Å². The van der Waals surface area contributed by atoms with E-state index in [-0.39, 0.29) is 0 Å². The molecule has 0 bridgehead atoms. The molecule has 1 saturated carbocycles. The molecule has 20 heavy (non-hydrogen) atoms. The van der Waals surface area contributed by atoms with Crippen molar-refractivity contribution in [2.45, 2.75) is 38.5 Å². The Hall–Kier alpha value is -1.88. The Balaban J connectivity index is 1.49. The third-order valence-corrected chi connectivity index (χ3v) is 4.01. The predicted octanol–water partition coefficient (Wildman–Crippen LogP) is 1.55. The van der Waals surface area contributed by atoms with Crippen molar-refractivity contribution in [2.24, 2.45) is 0 Å².